The topological polar surface area (TPSA) is 76.6 Å². The Balaban J connectivity index is 1.73. The fourth-order valence-electron chi connectivity index (χ4n) is 2.77. The van der Waals surface area contributed by atoms with E-state index in [1.807, 2.05) is 0 Å². The Labute approximate surface area is 145 Å². The molecule has 0 radical (unpaired) electrons. The zero-order valence-corrected chi connectivity index (χ0v) is 14.4. The highest BCUT2D eigenvalue weighted by atomic mass is 32.2. The number of sulfone groups is 1. The molecular weight excluding hydrogens is 347 g/mol. The summed E-state index contributed by atoms with van der Waals surface area (Å²) in [7, 11) is -3.51. The SMILES string of the molecule is CS(=O)(=O)c1ccccc1C(=O)N1CCC(Oc2cccc(F)n2)C1. The highest BCUT2D eigenvalue weighted by molar-refractivity contribution is 7.90. The Morgan fingerprint density at radius 1 is 1.24 bits per heavy atom. The third kappa shape index (κ3) is 3.96. The van der Waals surface area contributed by atoms with Crippen molar-refractivity contribution in [1.82, 2.24) is 9.88 Å². The summed E-state index contributed by atoms with van der Waals surface area (Å²) in [6.45, 7) is 0.714. The average molecular weight is 364 g/mol. The molecule has 0 aliphatic carbocycles. The number of rotatable bonds is 4. The van der Waals surface area contributed by atoms with Gasteiger partial charge in [0.15, 0.2) is 9.84 Å². The normalized spacial score (nSPS) is 17.5. The molecule has 0 saturated carbocycles. The summed E-state index contributed by atoms with van der Waals surface area (Å²) in [5.41, 5.74) is 0.148. The third-order valence-corrected chi connectivity index (χ3v) is 5.08. The molecular formula is C17H17FN2O4S. The molecule has 1 atom stereocenters. The van der Waals surface area contributed by atoms with E-state index in [2.05, 4.69) is 4.98 Å². The molecule has 1 aliphatic rings. The molecule has 0 N–H and O–H groups in total. The monoisotopic (exact) mass is 364 g/mol. The number of hydrogen-bond acceptors (Lipinski definition) is 5. The first-order valence-corrected chi connectivity index (χ1v) is 9.61. The van der Waals surface area contributed by atoms with E-state index in [0.717, 1.165) is 6.26 Å². The van der Waals surface area contributed by atoms with Crippen molar-refractivity contribution in [2.75, 3.05) is 19.3 Å². The summed E-state index contributed by atoms with van der Waals surface area (Å²) < 4.78 is 42.5. The number of likely N-dealkylation sites (tertiary alicyclic amines) is 1. The number of carbonyl (C=O) groups is 1. The number of benzene rings is 1. The molecule has 6 nitrogen and oxygen atoms in total. The van der Waals surface area contributed by atoms with Crippen molar-refractivity contribution in [3.8, 4) is 5.88 Å². The minimum Gasteiger partial charge on any atom is -0.472 e. The van der Waals surface area contributed by atoms with Crippen LogP contribution in [0.3, 0.4) is 0 Å². The van der Waals surface area contributed by atoms with Gasteiger partial charge in [-0.15, -0.1) is 0 Å². The highest BCUT2D eigenvalue weighted by Crippen LogP contribution is 2.22. The van der Waals surface area contributed by atoms with E-state index in [0.29, 0.717) is 13.0 Å². The number of ether oxygens (including phenoxy) is 1. The maximum Gasteiger partial charge on any atom is 0.255 e. The van der Waals surface area contributed by atoms with Gasteiger partial charge < -0.3 is 9.64 Å². The Hall–Kier alpha value is -2.48. The molecule has 1 aromatic heterocycles. The number of hydrogen-bond donors (Lipinski definition) is 0. The molecule has 1 unspecified atom stereocenters. The fourth-order valence-corrected chi connectivity index (χ4v) is 3.65. The van der Waals surface area contributed by atoms with Gasteiger partial charge >= 0.3 is 0 Å². The second-order valence-corrected chi connectivity index (χ2v) is 7.83. The summed E-state index contributed by atoms with van der Waals surface area (Å²) in [5, 5.41) is 0. The molecule has 1 saturated heterocycles. The number of nitrogens with zero attached hydrogens (tertiary/aromatic N) is 2. The van der Waals surface area contributed by atoms with E-state index >= 15 is 0 Å². The molecule has 25 heavy (non-hydrogen) atoms. The van der Waals surface area contributed by atoms with E-state index in [1.54, 1.807) is 18.2 Å². The number of halogens is 1. The van der Waals surface area contributed by atoms with Crippen LogP contribution in [-0.4, -0.2) is 49.7 Å². The predicted molar refractivity (Wildman–Crippen MR) is 88.7 cm³/mol. The van der Waals surface area contributed by atoms with Crippen molar-refractivity contribution in [2.45, 2.75) is 17.4 Å². The fraction of sp³-hybridized carbons (Fsp3) is 0.294. The van der Waals surface area contributed by atoms with Gasteiger partial charge in [0.25, 0.3) is 5.91 Å². The molecule has 0 bridgehead atoms. The molecule has 1 amide bonds. The molecule has 2 heterocycles. The van der Waals surface area contributed by atoms with Gasteiger partial charge in [0.1, 0.15) is 6.10 Å². The van der Waals surface area contributed by atoms with Gasteiger partial charge in [-0.1, -0.05) is 18.2 Å². The van der Waals surface area contributed by atoms with Crippen molar-refractivity contribution in [3.63, 3.8) is 0 Å². The Morgan fingerprint density at radius 2 is 2.00 bits per heavy atom. The van der Waals surface area contributed by atoms with Gasteiger partial charge in [0.05, 0.1) is 17.0 Å². The standard InChI is InChI=1S/C17H17FN2O4S/c1-25(22,23)14-6-3-2-5-13(14)17(21)20-10-9-12(11-20)24-16-8-4-7-15(18)19-16/h2-8,12H,9-11H2,1H3. The number of carbonyl (C=O) groups excluding carboxylic acids is 1. The lowest BCUT2D eigenvalue weighted by Crippen LogP contribution is -2.32. The summed E-state index contributed by atoms with van der Waals surface area (Å²) in [4.78, 5) is 17.9. The first kappa shape index (κ1) is 17.3. The molecule has 1 aromatic carbocycles. The predicted octanol–water partition coefficient (Wildman–Crippen LogP) is 1.92. The first-order chi connectivity index (χ1) is 11.8. The molecule has 8 heteroatoms. The molecule has 3 rings (SSSR count). The van der Waals surface area contributed by atoms with Crippen LogP contribution in [0.4, 0.5) is 4.39 Å². The van der Waals surface area contributed by atoms with Crippen molar-refractivity contribution in [3.05, 3.63) is 54.0 Å². The first-order valence-electron chi connectivity index (χ1n) is 7.72. The van der Waals surface area contributed by atoms with Crippen molar-refractivity contribution >= 4 is 15.7 Å². The summed E-state index contributed by atoms with van der Waals surface area (Å²) in [6, 6.07) is 10.4. The van der Waals surface area contributed by atoms with E-state index in [1.165, 1.54) is 29.2 Å². The zero-order valence-electron chi connectivity index (χ0n) is 13.6. The molecule has 132 valence electrons. The van der Waals surface area contributed by atoms with Crippen LogP contribution in [-0.2, 0) is 9.84 Å². The number of pyridine rings is 1. The number of aromatic nitrogens is 1. The van der Waals surface area contributed by atoms with E-state index in [9.17, 15) is 17.6 Å². The maximum absolute atomic E-state index is 13.1. The van der Waals surface area contributed by atoms with Crippen LogP contribution < -0.4 is 4.74 Å². The molecule has 1 aliphatic heterocycles. The number of amides is 1. The van der Waals surface area contributed by atoms with Gasteiger partial charge in [-0.25, -0.2) is 8.42 Å². The van der Waals surface area contributed by atoms with Crippen LogP contribution in [0.15, 0.2) is 47.4 Å². The largest absolute Gasteiger partial charge is 0.472 e. The van der Waals surface area contributed by atoms with Crippen LogP contribution in [0.2, 0.25) is 0 Å². The van der Waals surface area contributed by atoms with Gasteiger partial charge in [0, 0.05) is 25.3 Å². The lowest BCUT2D eigenvalue weighted by atomic mass is 10.2. The Bertz CT molecular complexity index is 901. The van der Waals surface area contributed by atoms with Crippen molar-refractivity contribution in [1.29, 1.82) is 0 Å². The molecule has 1 fully saturated rings. The smallest absolute Gasteiger partial charge is 0.255 e. The van der Waals surface area contributed by atoms with Crippen LogP contribution in [0, 0.1) is 5.95 Å². The van der Waals surface area contributed by atoms with Crippen molar-refractivity contribution in [2.24, 2.45) is 0 Å². The van der Waals surface area contributed by atoms with Crippen LogP contribution >= 0.6 is 0 Å². The second kappa shape index (κ2) is 6.79. The summed E-state index contributed by atoms with van der Waals surface area (Å²) in [5.74, 6) is -0.833. The van der Waals surface area contributed by atoms with E-state index < -0.39 is 15.8 Å². The Morgan fingerprint density at radius 3 is 2.72 bits per heavy atom. The Kier molecular flexibility index (Phi) is 4.71. The van der Waals surface area contributed by atoms with Crippen LogP contribution in [0.25, 0.3) is 0 Å². The molecule has 0 spiro atoms. The van der Waals surface area contributed by atoms with Crippen LogP contribution in [0.1, 0.15) is 16.8 Å². The maximum atomic E-state index is 13.1. The lowest BCUT2D eigenvalue weighted by molar-refractivity contribution is 0.0767. The molecule has 2 aromatic rings. The lowest BCUT2D eigenvalue weighted by Gasteiger charge is -2.18. The summed E-state index contributed by atoms with van der Waals surface area (Å²) in [6.07, 6.45) is 1.32. The minimum atomic E-state index is -3.51. The van der Waals surface area contributed by atoms with Crippen LogP contribution in [0.5, 0.6) is 5.88 Å². The third-order valence-electron chi connectivity index (χ3n) is 3.93. The van der Waals surface area contributed by atoms with Crippen molar-refractivity contribution < 1.29 is 22.3 Å². The van der Waals surface area contributed by atoms with Gasteiger partial charge in [-0.3, -0.25) is 4.79 Å². The average Bonchev–Trinajstić information content (AvgIpc) is 3.02. The van der Waals surface area contributed by atoms with E-state index in [4.69, 9.17) is 4.74 Å². The van der Waals surface area contributed by atoms with Gasteiger partial charge in [0.2, 0.25) is 11.8 Å². The minimum absolute atomic E-state index is 0.0103. The summed E-state index contributed by atoms with van der Waals surface area (Å²) >= 11 is 0. The highest BCUT2D eigenvalue weighted by Gasteiger charge is 2.30. The van der Waals surface area contributed by atoms with E-state index in [-0.39, 0.29) is 34.9 Å². The zero-order chi connectivity index (χ0) is 18.0. The quantitative estimate of drug-likeness (QED) is 0.775. The second-order valence-electron chi connectivity index (χ2n) is 5.85. The van der Waals surface area contributed by atoms with Gasteiger partial charge in [-0.05, 0) is 18.2 Å². The van der Waals surface area contributed by atoms with Gasteiger partial charge in [-0.2, -0.15) is 9.37 Å².